The van der Waals surface area contributed by atoms with Crippen molar-refractivity contribution in [2.24, 2.45) is 5.92 Å². The third-order valence-electron chi connectivity index (χ3n) is 7.40. The molecular weight excluding hydrogens is 510 g/mol. The van der Waals surface area contributed by atoms with Crippen LogP contribution < -0.4 is 20.1 Å². The zero-order valence-electron chi connectivity index (χ0n) is 23.9. The van der Waals surface area contributed by atoms with Crippen molar-refractivity contribution in [2.75, 3.05) is 13.7 Å². The summed E-state index contributed by atoms with van der Waals surface area (Å²) in [5, 5.41) is 6.14. The summed E-state index contributed by atoms with van der Waals surface area (Å²) >= 11 is 0. The molecule has 2 heterocycles. The van der Waals surface area contributed by atoms with Crippen LogP contribution in [0.25, 0.3) is 22.3 Å². The van der Waals surface area contributed by atoms with Crippen molar-refractivity contribution in [3.8, 4) is 22.8 Å². The fourth-order valence-corrected chi connectivity index (χ4v) is 5.16. The summed E-state index contributed by atoms with van der Waals surface area (Å²) in [5.74, 6) is 1.85. The Kier molecular flexibility index (Phi) is 7.87. The third kappa shape index (κ3) is 6.48. The number of ether oxygens (including phenoxy) is 3. The van der Waals surface area contributed by atoms with Gasteiger partial charge in [-0.3, -0.25) is 4.79 Å². The lowest BCUT2D eigenvalue weighted by Crippen LogP contribution is -2.45. The second kappa shape index (κ2) is 11.3. The highest BCUT2D eigenvalue weighted by Gasteiger charge is 2.28. The number of carbonyl (C=O) groups excluding carboxylic acids is 2. The van der Waals surface area contributed by atoms with Gasteiger partial charge in [0.25, 0.3) is 5.91 Å². The lowest BCUT2D eigenvalue weighted by atomic mass is 9.91. The van der Waals surface area contributed by atoms with Crippen LogP contribution in [-0.2, 0) is 4.74 Å². The van der Waals surface area contributed by atoms with Crippen molar-refractivity contribution >= 4 is 23.0 Å². The van der Waals surface area contributed by atoms with Crippen LogP contribution in [0.15, 0.2) is 24.5 Å². The Labute approximate surface area is 234 Å². The number of alkyl carbamates (subject to hydrolysis) is 1. The largest absolute Gasteiger partial charge is 0.497 e. The predicted octanol–water partition coefficient (Wildman–Crippen LogP) is 5.30. The number of aromatic nitrogens is 3. The Morgan fingerprint density at radius 3 is 2.38 bits per heavy atom. The van der Waals surface area contributed by atoms with E-state index in [1.807, 2.05) is 45.9 Å². The number of aromatic amines is 1. The molecule has 2 aromatic heterocycles. The van der Waals surface area contributed by atoms with Crippen molar-refractivity contribution in [3.63, 3.8) is 0 Å². The molecule has 0 spiro atoms. The van der Waals surface area contributed by atoms with Crippen molar-refractivity contribution in [1.82, 2.24) is 25.6 Å². The number of aryl methyl sites for hydroxylation is 1. The van der Waals surface area contributed by atoms with Crippen LogP contribution >= 0.6 is 0 Å². The summed E-state index contributed by atoms with van der Waals surface area (Å²) in [6.45, 7) is 8.08. The Morgan fingerprint density at radius 1 is 1.02 bits per heavy atom. The number of nitrogens with zero attached hydrogens (tertiary/aromatic N) is 2. The van der Waals surface area contributed by atoms with Gasteiger partial charge >= 0.3 is 6.09 Å². The molecule has 2 fully saturated rings. The number of fused-ring (bicyclic) bond motifs is 1. The van der Waals surface area contributed by atoms with Crippen LogP contribution in [0.3, 0.4) is 0 Å². The second-order valence-electron chi connectivity index (χ2n) is 11.9. The van der Waals surface area contributed by atoms with Crippen molar-refractivity contribution in [1.29, 1.82) is 0 Å². The molecule has 10 nitrogen and oxygen atoms in total. The molecule has 10 heteroatoms. The molecule has 0 atom stereocenters. The fraction of sp³-hybridized carbons (Fsp3) is 0.533. The van der Waals surface area contributed by atoms with Gasteiger partial charge in [-0.15, -0.1) is 0 Å². The second-order valence-corrected chi connectivity index (χ2v) is 11.9. The van der Waals surface area contributed by atoms with Crippen LogP contribution in [0.4, 0.5) is 4.79 Å². The van der Waals surface area contributed by atoms with E-state index in [9.17, 15) is 9.59 Å². The molecule has 2 amide bonds. The first kappa shape index (κ1) is 27.7. The summed E-state index contributed by atoms with van der Waals surface area (Å²) in [5.41, 5.74) is 3.39. The molecule has 2 aliphatic carbocycles. The van der Waals surface area contributed by atoms with Gasteiger partial charge in [0.2, 0.25) is 0 Å². The number of nitrogens with one attached hydrogen (secondary N) is 3. The maximum atomic E-state index is 13.5. The quantitative estimate of drug-likeness (QED) is 0.348. The fourth-order valence-electron chi connectivity index (χ4n) is 5.16. The van der Waals surface area contributed by atoms with Gasteiger partial charge in [-0.1, -0.05) is 0 Å². The number of amides is 2. The summed E-state index contributed by atoms with van der Waals surface area (Å²) in [4.78, 5) is 38.1. The van der Waals surface area contributed by atoms with E-state index in [-0.39, 0.29) is 18.0 Å². The predicted molar refractivity (Wildman–Crippen MR) is 152 cm³/mol. The molecule has 1 aromatic carbocycles. The molecule has 0 saturated heterocycles. The maximum Gasteiger partial charge on any atom is 0.407 e. The number of carbonyl (C=O) groups is 2. The number of hydrogen-bond donors (Lipinski definition) is 3. The summed E-state index contributed by atoms with van der Waals surface area (Å²) in [6.07, 6.45) is 6.53. The highest BCUT2D eigenvalue weighted by molar-refractivity contribution is 6.09. The lowest BCUT2D eigenvalue weighted by molar-refractivity contribution is 0.0488. The third-order valence-corrected chi connectivity index (χ3v) is 7.40. The lowest BCUT2D eigenvalue weighted by Gasteiger charge is -2.30. The Morgan fingerprint density at radius 2 is 1.73 bits per heavy atom. The molecule has 3 N–H and O–H groups in total. The molecule has 2 aliphatic rings. The summed E-state index contributed by atoms with van der Waals surface area (Å²) in [7, 11) is 1.63. The van der Waals surface area contributed by atoms with Gasteiger partial charge in [-0.25, -0.2) is 14.8 Å². The normalized spacial score (nSPS) is 19.2. The van der Waals surface area contributed by atoms with E-state index < -0.39 is 11.7 Å². The Balaban J connectivity index is 1.31. The average Bonchev–Trinajstić information content (AvgIpc) is 3.67. The zero-order chi connectivity index (χ0) is 28.4. The molecule has 0 aliphatic heterocycles. The monoisotopic (exact) mass is 549 g/mol. The van der Waals surface area contributed by atoms with Gasteiger partial charge in [-0.2, -0.15) is 0 Å². The Hall–Kier alpha value is -3.82. The van der Waals surface area contributed by atoms with E-state index in [2.05, 4.69) is 25.6 Å². The van der Waals surface area contributed by atoms with Gasteiger partial charge in [-0.05, 0) is 90.3 Å². The van der Waals surface area contributed by atoms with Crippen LogP contribution in [-0.4, -0.2) is 58.4 Å². The molecular formula is C30H39N5O5. The molecule has 0 bridgehead atoms. The SMILES string of the molecule is COc1ccc(OCC2CC2)c(-c2ncnc3c(C(=O)NC4CCC(NC(=O)OC(C)(C)C)CC4)c(C)[nH]c23)c1. The summed E-state index contributed by atoms with van der Waals surface area (Å²) < 4.78 is 17.0. The van der Waals surface area contributed by atoms with Crippen molar-refractivity contribution < 1.29 is 23.8 Å². The molecule has 2 saturated carbocycles. The highest BCUT2D eigenvalue weighted by atomic mass is 16.6. The van der Waals surface area contributed by atoms with Gasteiger partial charge in [0.15, 0.2) is 0 Å². The van der Waals surface area contributed by atoms with E-state index in [0.29, 0.717) is 40.6 Å². The van der Waals surface area contributed by atoms with E-state index in [4.69, 9.17) is 14.2 Å². The molecule has 3 aromatic rings. The number of hydrogen-bond acceptors (Lipinski definition) is 7. The Bertz CT molecular complexity index is 1380. The standard InChI is InChI=1S/C30H39N5O5/c1-17-24(28(36)34-19-8-10-20(11-9-19)35-29(37)40-30(2,3)4)26-27(33-17)25(31-16-32-26)22-14-21(38-5)12-13-23(22)39-15-18-6-7-18/h12-14,16,18-20,33H,6-11,15H2,1-5H3,(H,34,36)(H,35,37). The first-order chi connectivity index (χ1) is 19.1. The van der Waals surface area contributed by atoms with E-state index >= 15 is 0 Å². The van der Waals surface area contributed by atoms with Gasteiger partial charge in [0.1, 0.15) is 34.6 Å². The first-order valence-electron chi connectivity index (χ1n) is 14.1. The van der Waals surface area contributed by atoms with Crippen LogP contribution in [0.1, 0.15) is 75.3 Å². The zero-order valence-corrected chi connectivity index (χ0v) is 23.9. The van der Waals surface area contributed by atoms with Gasteiger partial charge in [0.05, 0.1) is 24.8 Å². The van der Waals surface area contributed by atoms with Crippen molar-refractivity contribution in [3.05, 3.63) is 35.8 Å². The van der Waals surface area contributed by atoms with E-state index in [1.54, 1.807) is 7.11 Å². The van der Waals surface area contributed by atoms with E-state index in [1.165, 1.54) is 19.2 Å². The number of rotatable bonds is 8. The minimum absolute atomic E-state index is 0.00987. The minimum atomic E-state index is -0.534. The topological polar surface area (TPSA) is 127 Å². The smallest absolute Gasteiger partial charge is 0.407 e. The van der Waals surface area contributed by atoms with Crippen LogP contribution in [0, 0.1) is 12.8 Å². The van der Waals surface area contributed by atoms with Crippen LogP contribution in [0.2, 0.25) is 0 Å². The minimum Gasteiger partial charge on any atom is -0.497 e. The first-order valence-corrected chi connectivity index (χ1v) is 14.1. The number of H-pyrrole nitrogens is 1. The van der Waals surface area contributed by atoms with Crippen LogP contribution in [0.5, 0.6) is 11.5 Å². The molecule has 40 heavy (non-hydrogen) atoms. The average molecular weight is 550 g/mol. The van der Waals surface area contributed by atoms with E-state index in [0.717, 1.165) is 42.7 Å². The molecule has 0 unspecified atom stereocenters. The maximum absolute atomic E-state index is 13.5. The number of benzene rings is 1. The van der Waals surface area contributed by atoms with Gasteiger partial charge < -0.3 is 29.8 Å². The summed E-state index contributed by atoms with van der Waals surface area (Å²) in [6, 6.07) is 5.73. The molecule has 0 radical (unpaired) electrons. The van der Waals surface area contributed by atoms with Crippen molar-refractivity contribution in [2.45, 2.75) is 83.9 Å². The number of methoxy groups -OCH3 is 1. The highest BCUT2D eigenvalue weighted by Crippen LogP contribution is 2.38. The molecule has 214 valence electrons. The molecule has 5 rings (SSSR count). The van der Waals surface area contributed by atoms with Gasteiger partial charge in [0, 0.05) is 23.3 Å².